The molecular weight excluding hydrogens is 230 g/mol. The number of ether oxygens (including phenoxy) is 2. The molecule has 0 unspecified atom stereocenters. The van der Waals surface area contributed by atoms with Crippen LogP contribution in [0.15, 0.2) is 24.4 Å². The molecule has 0 bridgehead atoms. The van der Waals surface area contributed by atoms with Gasteiger partial charge in [0.1, 0.15) is 17.3 Å². The number of benzene rings is 1. The van der Waals surface area contributed by atoms with E-state index in [4.69, 9.17) is 15.2 Å². The van der Waals surface area contributed by atoms with Crippen molar-refractivity contribution in [3.8, 4) is 22.9 Å². The SMILES string of the molecule is COc1ccc(OC)c(-c2ncc(CN)n2C)c1. The largest absolute Gasteiger partial charge is 0.497 e. The zero-order chi connectivity index (χ0) is 13.1. The van der Waals surface area contributed by atoms with Crippen molar-refractivity contribution in [3.05, 3.63) is 30.1 Å². The number of nitrogens with zero attached hydrogens (tertiary/aromatic N) is 2. The molecule has 0 saturated carbocycles. The van der Waals surface area contributed by atoms with Gasteiger partial charge in [-0.05, 0) is 18.2 Å². The first kappa shape index (κ1) is 12.4. The van der Waals surface area contributed by atoms with Crippen molar-refractivity contribution in [1.82, 2.24) is 9.55 Å². The number of hydrogen-bond donors (Lipinski definition) is 1. The van der Waals surface area contributed by atoms with Crippen molar-refractivity contribution in [2.45, 2.75) is 6.54 Å². The summed E-state index contributed by atoms with van der Waals surface area (Å²) in [6.45, 7) is 0.454. The van der Waals surface area contributed by atoms with E-state index >= 15 is 0 Å². The zero-order valence-corrected chi connectivity index (χ0v) is 10.8. The Labute approximate surface area is 106 Å². The molecule has 0 aliphatic carbocycles. The standard InChI is InChI=1S/C13H17N3O2/c1-16-9(7-14)8-15-13(16)11-6-10(17-2)4-5-12(11)18-3/h4-6,8H,7,14H2,1-3H3. The van der Waals surface area contributed by atoms with Crippen LogP contribution in [0.2, 0.25) is 0 Å². The first-order valence-corrected chi connectivity index (χ1v) is 5.64. The van der Waals surface area contributed by atoms with Crippen LogP contribution in [0.5, 0.6) is 11.5 Å². The highest BCUT2D eigenvalue weighted by molar-refractivity contribution is 5.67. The van der Waals surface area contributed by atoms with Gasteiger partial charge < -0.3 is 19.8 Å². The average molecular weight is 247 g/mol. The summed E-state index contributed by atoms with van der Waals surface area (Å²) in [5.41, 5.74) is 7.51. The normalized spacial score (nSPS) is 10.4. The second-order valence-electron chi connectivity index (χ2n) is 3.90. The van der Waals surface area contributed by atoms with Gasteiger partial charge in [0, 0.05) is 13.6 Å². The second-order valence-corrected chi connectivity index (χ2v) is 3.90. The second kappa shape index (κ2) is 5.10. The summed E-state index contributed by atoms with van der Waals surface area (Å²) in [5.74, 6) is 2.34. The maximum atomic E-state index is 5.65. The molecule has 0 aliphatic heterocycles. The van der Waals surface area contributed by atoms with E-state index in [0.717, 1.165) is 28.6 Å². The first-order chi connectivity index (χ1) is 8.71. The number of aromatic nitrogens is 2. The Morgan fingerprint density at radius 1 is 1.28 bits per heavy atom. The van der Waals surface area contributed by atoms with E-state index in [9.17, 15) is 0 Å². The predicted molar refractivity (Wildman–Crippen MR) is 69.6 cm³/mol. The van der Waals surface area contributed by atoms with Crippen LogP contribution in [0.4, 0.5) is 0 Å². The molecule has 2 rings (SSSR count). The van der Waals surface area contributed by atoms with Crippen molar-refractivity contribution in [1.29, 1.82) is 0 Å². The Balaban J connectivity index is 2.57. The van der Waals surface area contributed by atoms with Crippen LogP contribution >= 0.6 is 0 Å². The Bertz CT molecular complexity index is 549. The van der Waals surface area contributed by atoms with E-state index in [1.807, 2.05) is 29.8 Å². The van der Waals surface area contributed by atoms with E-state index in [2.05, 4.69) is 4.98 Å². The summed E-state index contributed by atoms with van der Waals surface area (Å²) < 4.78 is 12.5. The third kappa shape index (κ3) is 2.04. The number of rotatable bonds is 4. The summed E-state index contributed by atoms with van der Waals surface area (Å²) in [6, 6.07) is 5.63. The van der Waals surface area contributed by atoms with Crippen molar-refractivity contribution >= 4 is 0 Å². The van der Waals surface area contributed by atoms with Gasteiger partial charge in [-0.15, -0.1) is 0 Å². The summed E-state index contributed by atoms with van der Waals surface area (Å²) in [5, 5.41) is 0. The third-order valence-electron chi connectivity index (χ3n) is 2.94. The van der Waals surface area contributed by atoms with Crippen LogP contribution in [0.25, 0.3) is 11.4 Å². The maximum absolute atomic E-state index is 5.65. The molecule has 0 aliphatic rings. The van der Waals surface area contributed by atoms with Crippen molar-refractivity contribution < 1.29 is 9.47 Å². The number of methoxy groups -OCH3 is 2. The molecule has 0 saturated heterocycles. The van der Waals surface area contributed by atoms with Gasteiger partial charge in [0.2, 0.25) is 0 Å². The van der Waals surface area contributed by atoms with Gasteiger partial charge in [-0.1, -0.05) is 0 Å². The molecule has 0 atom stereocenters. The minimum absolute atomic E-state index is 0.454. The van der Waals surface area contributed by atoms with Crippen molar-refractivity contribution in [3.63, 3.8) is 0 Å². The molecule has 2 aromatic rings. The maximum Gasteiger partial charge on any atom is 0.143 e. The van der Waals surface area contributed by atoms with Crippen LogP contribution in [0, 0.1) is 0 Å². The molecule has 0 radical (unpaired) electrons. The quantitative estimate of drug-likeness (QED) is 0.890. The van der Waals surface area contributed by atoms with Crippen LogP contribution in [0.1, 0.15) is 5.69 Å². The van der Waals surface area contributed by atoms with E-state index in [0.29, 0.717) is 6.54 Å². The number of imidazole rings is 1. The summed E-state index contributed by atoms with van der Waals surface area (Å²) in [4.78, 5) is 4.39. The van der Waals surface area contributed by atoms with E-state index in [1.54, 1.807) is 20.4 Å². The number of hydrogen-bond acceptors (Lipinski definition) is 4. The molecule has 5 heteroatoms. The lowest BCUT2D eigenvalue weighted by Crippen LogP contribution is -2.04. The fourth-order valence-corrected chi connectivity index (χ4v) is 1.87. The fourth-order valence-electron chi connectivity index (χ4n) is 1.87. The highest BCUT2D eigenvalue weighted by Gasteiger charge is 2.13. The minimum Gasteiger partial charge on any atom is -0.497 e. The molecule has 96 valence electrons. The summed E-state index contributed by atoms with van der Waals surface area (Å²) in [6.07, 6.45) is 1.77. The Morgan fingerprint density at radius 3 is 2.61 bits per heavy atom. The molecular formula is C13H17N3O2. The zero-order valence-electron chi connectivity index (χ0n) is 10.8. The molecule has 5 nitrogen and oxygen atoms in total. The first-order valence-electron chi connectivity index (χ1n) is 5.64. The van der Waals surface area contributed by atoms with Gasteiger partial charge >= 0.3 is 0 Å². The predicted octanol–water partition coefficient (Wildman–Crippen LogP) is 1.56. The van der Waals surface area contributed by atoms with Crippen molar-refractivity contribution in [2.24, 2.45) is 12.8 Å². The van der Waals surface area contributed by atoms with Crippen LogP contribution in [0.3, 0.4) is 0 Å². The molecule has 0 fully saturated rings. The molecule has 1 aromatic heterocycles. The van der Waals surface area contributed by atoms with E-state index in [1.165, 1.54) is 0 Å². The summed E-state index contributed by atoms with van der Waals surface area (Å²) >= 11 is 0. The van der Waals surface area contributed by atoms with Gasteiger partial charge in [-0.2, -0.15) is 0 Å². The smallest absolute Gasteiger partial charge is 0.143 e. The highest BCUT2D eigenvalue weighted by atomic mass is 16.5. The Hall–Kier alpha value is -2.01. The van der Waals surface area contributed by atoms with Crippen molar-refractivity contribution in [2.75, 3.05) is 14.2 Å². The minimum atomic E-state index is 0.454. The third-order valence-corrected chi connectivity index (χ3v) is 2.94. The fraction of sp³-hybridized carbons (Fsp3) is 0.308. The lowest BCUT2D eigenvalue weighted by Gasteiger charge is -2.11. The molecule has 1 aromatic carbocycles. The average Bonchev–Trinajstić information content (AvgIpc) is 2.78. The lowest BCUT2D eigenvalue weighted by atomic mass is 10.1. The lowest BCUT2D eigenvalue weighted by molar-refractivity contribution is 0.404. The van der Waals surface area contributed by atoms with Gasteiger partial charge in [-0.3, -0.25) is 0 Å². The van der Waals surface area contributed by atoms with Gasteiger partial charge in [0.05, 0.1) is 31.7 Å². The van der Waals surface area contributed by atoms with E-state index < -0.39 is 0 Å². The molecule has 2 N–H and O–H groups in total. The Kier molecular flexibility index (Phi) is 3.53. The van der Waals surface area contributed by atoms with Crippen LogP contribution < -0.4 is 15.2 Å². The van der Waals surface area contributed by atoms with Crippen LogP contribution in [-0.4, -0.2) is 23.8 Å². The van der Waals surface area contributed by atoms with Crippen LogP contribution in [-0.2, 0) is 13.6 Å². The van der Waals surface area contributed by atoms with E-state index in [-0.39, 0.29) is 0 Å². The Morgan fingerprint density at radius 2 is 2.06 bits per heavy atom. The number of nitrogens with two attached hydrogens (primary N) is 1. The molecule has 0 spiro atoms. The van der Waals surface area contributed by atoms with Gasteiger partial charge in [0.25, 0.3) is 0 Å². The molecule has 1 heterocycles. The molecule has 0 amide bonds. The topological polar surface area (TPSA) is 62.3 Å². The monoisotopic (exact) mass is 247 g/mol. The molecule has 18 heavy (non-hydrogen) atoms. The summed E-state index contributed by atoms with van der Waals surface area (Å²) in [7, 11) is 5.21. The highest BCUT2D eigenvalue weighted by Crippen LogP contribution is 2.32. The van der Waals surface area contributed by atoms with Gasteiger partial charge in [-0.25, -0.2) is 4.98 Å². The van der Waals surface area contributed by atoms with Gasteiger partial charge in [0.15, 0.2) is 0 Å².